The average molecular weight is 416 g/mol. The number of ether oxygens (including phenoxy) is 1. The van der Waals surface area contributed by atoms with Crippen molar-refractivity contribution < 1.29 is 4.74 Å². The van der Waals surface area contributed by atoms with E-state index in [1.165, 1.54) is 17.5 Å². The van der Waals surface area contributed by atoms with Crippen molar-refractivity contribution in [1.29, 1.82) is 0 Å². The Morgan fingerprint density at radius 2 is 1.81 bits per heavy atom. The Morgan fingerprint density at radius 1 is 1.08 bits per heavy atom. The minimum absolute atomic E-state index is 0.0901. The third kappa shape index (κ3) is 4.40. The van der Waals surface area contributed by atoms with Crippen molar-refractivity contribution >= 4 is 15.9 Å². The highest BCUT2D eigenvalue weighted by molar-refractivity contribution is 9.11. The SMILES string of the molecule is CCCCNN1C=C(Br)N(Cc2ccccc2)C1c1ccc(OC)cc1. The molecule has 1 heterocycles. The fourth-order valence-corrected chi connectivity index (χ4v) is 3.64. The number of halogens is 1. The second-order valence-corrected chi connectivity index (χ2v) is 7.19. The summed E-state index contributed by atoms with van der Waals surface area (Å²) in [6, 6.07) is 18.9. The fourth-order valence-electron chi connectivity index (χ4n) is 3.10. The van der Waals surface area contributed by atoms with Crippen molar-refractivity contribution in [2.45, 2.75) is 32.5 Å². The smallest absolute Gasteiger partial charge is 0.143 e. The van der Waals surface area contributed by atoms with Crippen LogP contribution >= 0.6 is 15.9 Å². The summed E-state index contributed by atoms with van der Waals surface area (Å²) < 4.78 is 6.39. The summed E-state index contributed by atoms with van der Waals surface area (Å²) in [5.41, 5.74) is 6.06. The summed E-state index contributed by atoms with van der Waals surface area (Å²) >= 11 is 3.76. The molecule has 1 aliphatic heterocycles. The van der Waals surface area contributed by atoms with Crippen molar-refractivity contribution in [3.05, 3.63) is 76.5 Å². The monoisotopic (exact) mass is 415 g/mol. The molecule has 0 spiro atoms. The van der Waals surface area contributed by atoms with Crippen LogP contribution in [0.3, 0.4) is 0 Å². The molecular weight excluding hydrogens is 390 g/mol. The van der Waals surface area contributed by atoms with Crippen LogP contribution in [0.4, 0.5) is 0 Å². The minimum Gasteiger partial charge on any atom is -0.497 e. The van der Waals surface area contributed by atoms with Crippen molar-refractivity contribution in [1.82, 2.24) is 15.3 Å². The molecule has 4 nitrogen and oxygen atoms in total. The van der Waals surface area contributed by atoms with E-state index in [0.717, 1.165) is 29.9 Å². The third-order valence-electron chi connectivity index (χ3n) is 4.51. The van der Waals surface area contributed by atoms with Crippen LogP contribution in [0, 0.1) is 0 Å². The predicted octanol–water partition coefficient (Wildman–Crippen LogP) is 5.01. The quantitative estimate of drug-likeness (QED) is 0.484. The van der Waals surface area contributed by atoms with Crippen LogP contribution in [0.1, 0.15) is 37.1 Å². The normalized spacial score (nSPS) is 16.7. The van der Waals surface area contributed by atoms with Gasteiger partial charge in [-0.15, -0.1) is 0 Å². The van der Waals surface area contributed by atoms with Crippen LogP contribution in [0.15, 0.2) is 65.4 Å². The van der Waals surface area contributed by atoms with Gasteiger partial charge in [0.05, 0.1) is 7.11 Å². The van der Waals surface area contributed by atoms with Crippen molar-refractivity contribution in [3.63, 3.8) is 0 Å². The number of nitrogens with one attached hydrogen (secondary N) is 1. The lowest BCUT2D eigenvalue weighted by atomic mass is 10.1. The van der Waals surface area contributed by atoms with E-state index in [-0.39, 0.29) is 6.17 Å². The topological polar surface area (TPSA) is 27.7 Å². The van der Waals surface area contributed by atoms with Crippen LogP contribution in [-0.4, -0.2) is 23.6 Å². The molecule has 0 saturated carbocycles. The first kappa shape index (κ1) is 18.8. The highest BCUT2D eigenvalue weighted by atomic mass is 79.9. The Kier molecular flexibility index (Phi) is 6.58. The predicted molar refractivity (Wildman–Crippen MR) is 109 cm³/mol. The first-order chi connectivity index (χ1) is 12.7. The first-order valence-corrected chi connectivity index (χ1v) is 9.86. The Morgan fingerprint density at radius 3 is 2.46 bits per heavy atom. The minimum atomic E-state index is 0.0901. The summed E-state index contributed by atoms with van der Waals surface area (Å²) in [5, 5.41) is 2.20. The lowest BCUT2D eigenvalue weighted by Gasteiger charge is -2.34. The zero-order chi connectivity index (χ0) is 18.4. The summed E-state index contributed by atoms with van der Waals surface area (Å²) in [7, 11) is 1.70. The molecular formula is C21H26BrN3O. The highest BCUT2D eigenvalue weighted by Crippen LogP contribution is 2.38. The zero-order valence-corrected chi connectivity index (χ0v) is 16.9. The Hall–Kier alpha value is -1.98. The van der Waals surface area contributed by atoms with Gasteiger partial charge in [-0.3, -0.25) is 5.01 Å². The number of nitrogens with zero attached hydrogens (tertiary/aromatic N) is 2. The largest absolute Gasteiger partial charge is 0.497 e. The van der Waals surface area contributed by atoms with Crippen molar-refractivity contribution in [2.24, 2.45) is 0 Å². The number of unbranched alkanes of at least 4 members (excludes halogenated alkanes) is 1. The first-order valence-electron chi connectivity index (χ1n) is 9.06. The van der Waals surface area contributed by atoms with Gasteiger partial charge in [-0.05, 0) is 45.6 Å². The molecule has 1 aliphatic rings. The van der Waals surface area contributed by atoms with E-state index >= 15 is 0 Å². The number of hydrogen-bond acceptors (Lipinski definition) is 4. The van der Waals surface area contributed by atoms with E-state index < -0.39 is 0 Å². The molecule has 3 rings (SSSR count). The second kappa shape index (κ2) is 9.10. The van der Waals surface area contributed by atoms with Gasteiger partial charge in [-0.25, -0.2) is 5.43 Å². The van der Waals surface area contributed by atoms with Crippen LogP contribution < -0.4 is 10.2 Å². The molecule has 0 aromatic heterocycles. The molecule has 1 atom stereocenters. The molecule has 26 heavy (non-hydrogen) atoms. The highest BCUT2D eigenvalue weighted by Gasteiger charge is 2.32. The molecule has 138 valence electrons. The molecule has 1 unspecified atom stereocenters. The summed E-state index contributed by atoms with van der Waals surface area (Å²) in [4.78, 5) is 2.36. The maximum absolute atomic E-state index is 5.32. The number of hydrogen-bond donors (Lipinski definition) is 1. The van der Waals surface area contributed by atoms with Gasteiger partial charge in [-0.2, -0.15) is 0 Å². The molecule has 0 radical (unpaired) electrons. The summed E-state index contributed by atoms with van der Waals surface area (Å²) in [5.74, 6) is 0.874. The molecule has 0 bridgehead atoms. The standard InChI is InChI=1S/C21H26BrN3O/c1-3-4-14-23-25-16-20(22)24(15-17-8-6-5-7-9-17)21(25)18-10-12-19(26-2)13-11-18/h5-13,16,21,23H,3-4,14-15H2,1-2H3. The lowest BCUT2D eigenvalue weighted by Crippen LogP contribution is -2.40. The lowest BCUT2D eigenvalue weighted by molar-refractivity contribution is 0.101. The van der Waals surface area contributed by atoms with Gasteiger partial charge in [-0.1, -0.05) is 55.8 Å². The van der Waals surface area contributed by atoms with Gasteiger partial charge in [0.1, 0.15) is 16.5 Å². The van der Waals surface area contributed by atoms with Gasteiger partial charge >= 0.3 is 0 Å². The van der Waals surface area contributed by atoms with Crippen LogP contribution in [0.2, 0.25) is 0 Å². The van der Waals surface area contributed by atoms with E-state index in [4.69, 9.17) is 4.74 Å². The molecule has 2 aromatic carbocycles. The zero-order valence-electron chi connectivity index (χ0n) is 15.4. The van der Waals surface area contributed by atoms with Gasteiger partial charge in [0.25, 0.3) is 0 Å². The Bertz CT molecular complexity index is 718. The van der Waals surface area contributed by atoms with E-state index in [1.54, 1.807) is 7.11 Å². The second-order valence-electron chi connectivity index (χ2n) is 6.38. The van der Waals surface area contributed by atoms with Crippen molar-refractivity contribution in [2.75, 3.05) is 13.7 Å². The van der Waals surface area contributed by atoms with Gasteiger partial charge in [0.15, 0.2) is 0 Å². The molecule has 5 heteroatoms. The van der Waals surface area contributed by atoms with Gasteiger partial charge < -0.3 is 9.64 Å². The number of methoxy groups -OCH3 is 1. The van der Waals surface area contributed by atoms with Crippen molar-refractivity contribution in [3.8, 4) is 5.75 Å². The van der Waals surface area contributed by atoms with E-state index in [0.29, 0.717) is 0 Å². The molecule has 0 amide bonds. The summed E-state index contributed by atoms with van der Waals surface area (Å²) in [6.07, 6.45) is 4.54. The van der Waals surface area contributed by atoms with E-state index in [9.17, 15) is 0 Å². The maximum atomic E-state index is 5.32. The van der Waals surface area contributed by atoms with Crippen LogP contribution in [0.25, 0.3) is 0 Å². The number of hydrazine groups is 1. The number of rotatable bonds is 8. The maximum Gasteiger partial charge on any atom is 0.143 e. The van der Waals surface area contributed by atoms with E-state index in [2.05, 4.69) is 86.9 Å². The van der Waals surface area contributed by atoms with Gasteiger partial charge in [0.2, 0.25) is 0 Å². The van der Waals surface area contributed by atoms with Crippen LogP contribution in [0.5, 0.6) is 5.75 Å². The van der Waals surface area contributed by atoms with Crippen LogP contribution in [-0.2, 0) is 6.54 Å². The third-order valence-corrected chi connectivity index (χ3v) is 5.17. The molecule has 0 aliphatic carbocycles. The molecule has 0 fully saturated rings. The molecule has 1 N–H and O–H groups in total. The average Bonchev–Trinajstić information content (AvgIpc) is 2.98. The number of benzene rings is 2. The van der Waals surface area contributed by atoms with E-state index in [1.807, 2.05) is 12.1 Å². The van der Waals surface area contributed by atoms with Gasteiger partial charge in [0, 0.05) is 19.3 Å². The molecule has 2 aromatic rings. The summed E-state index contributed by atoms with van der Waals surface area (Å²) in [6.45, 7) is 4.00. The Labute approximate surface area is 164 Å². The Balaban J connectivity index is 1.85. The fraction of sp³-hybridized carbons (Fsp3) is 0.333. The molecule has 0 saturated heterocycles.